The van der Waals surface area contributed by atoms with E-state index in [0.29, 0.717) is 43.3 Å². The minimum atomic E-state index is -0.442. The Hall–Kier alpha value is -3.55. The molecule has 0 N–H and O–H groups in total. The lowest BCUT2D eigenvalue weighted by molar-refractivity contribution is -0.134. The summed E-state index contributed by atoms with van der Waals surface area (Å²) in [6, 6.07) is 11.4. The SMILES string of the molecule is O=C(COc1ccc2ccc(=O)oc2c1)N1CCN(C(=O)c2ccco2)CC1. The second kappa shape index (κ2) is 7.59. The molecule has 1 fully saturated rings. The fraction of sp³-hybridized carbons (Fsp3) is 0.250. The molecule has 1 aliphatic rings. The summed E-state index contributed by atoms with van der Waals surface area (Å²) in [7, 11) is 0. The number of nitrogens with zero attached hydrogens (tertiary/aromatic N) is 2. The lowest BCUT2D eigenvalue weighted by Gasteiger charge is -2.34. The Bertz CT molecular complexity index is 1050. The van der Waals surface area contributed by atoms with Crippen molar-refractivity contribution in [3.63, 3.8) is 0 Å². The van der Waals surface area contributed by atoms with E-state index in [1.807, 2.05) is 0 Å². The summed E-state index contributed by atoms with van der Waals surface area (Å²) >= 11 is 0. The number of carbonyl (C=O) groups is 2. The second-order valence-corrected chi connectivity index (χ2v) is 6.39. The summed E-state index contributed by atoms with van der Waals surface area (Å²) in [4.78, 5) is 39.3. The van der Waals surface area contributed by atoms with Crippen LogP contribution < -0.4 is 10.4 Å². The number of piperazine rings is 1. The van der Waals surface area contributed by atoms with Crippen LogP contribution in [0.5, 0.6) is 5.75 Å². The summed E-state index contributed by atoms with van der Waals surface area (Å²) in [6.07, 6.45) is 1.46. The molecule has 8 nitrogen and oxygen atoms in total. The molecule has 0 saturated carbocycles. The molecular formula is C20H18N2O6. The molecule has 0 atom stereocenters. The number of hydrogen-bond acceptors (Lipinski definition) is 6. The fourth-order valence-electron chi connectivity index (χ4n) is 3.08. The van der Waals surface area contributed by atoms with Gasteiger partial charge in [-0.15, -0.1) is 0 Å². The van der Waals surface area contributed by atoms with E-state index in [-0.39, 0.29) is 18.4 Å². The molecule has 28 heavy (non-hydrogen) atoms. The molecule has 2 amide bonds. The van der Waals surface area contributed by atoms with Crippen LogP contribution in [0, 0.1) is 0 Å². The van der Waals surface area contributed by atoms with Gasteiger partial charge < -0.3 is 23.4 Å². The van der Waals surface area contributed by atoms with Gasteiger partial charge in [-0.1, -0.05) is 0 Å². The van der Waals surface area contributed by atoms with E-state index >= 15 is 0 Å². The average molecular weight is 382 g/mol. The Morgan fingerprint density at radius 3 is 2.50 bits per heavy atom. The van der Waals surface area contributed by atoms with Gasteiger partial charge >= 0.3 is 5.63 Å². The molecule has 3 heterocycles. The van der Waals surface area contributed by atoms with Crippen LogP contribution in [0.15, 0.2) is 62.4 Å². The Morgan fingerprint density at radius 1 is 1.00 bits per heavy atom. The molecule has 1 aromatic carbocycles. The van der Waals surface area contributed by atoms with E-state index < -0.39 is 5.63 Å². The van der Waals surface area contributed by atoms with Gasteiger partial charge in [-0.25, -0.2) is 4.79 Å². The minimum Gasteiger partial charge on any atom is -0.484 e. The van der Waals surface area contributed by atoms with Crippen molar-refractivity contribution in [2.45, 2.75) is 0 Å². The molecule has 4 rings (SSSR count). The van der Waals surface area contributed by atoms with Gasteiger partial charge in [0.1, 0.15) is 11.3 Å². The molecule has 2 aromatic heterocycles. The molecule has 0 aliphatic carbocycles. The van der Waals surface area contributed by atoms with Crippen LogP contribution in [-0.2, 0) is 4.79 Å². The third-order valence-electron chi connectivity index (χ3n) is 4.61. The van der Waals surface area contributed by atoms with E-state index in [1.54, 1.807) is 46.2 Å². The van der Waals surface area contributed by atoms with Crippen molar-refractivity contribution in [2.24, 2.45) is 0 Å². The van der Waals surface area contributed by atoms with Crippen LogP contribution in [0.1, 0.15) is 10.6 Å². The largest absolute Gasteiger partial charge is 0.484 e. The van der Waals surface area contributed by atoms with Crippen LogP contribution in [0.2, 0.25) is 0 Å². The molecule has 0 spiro atoms. The zero-order valence-corrected chi connectivity index (χ0v) is 15.0. The first-order valence-electron chi connectivity index (χ1n) is 8.87. The summed E-state index contributed by atoms with van der Waals surface area (Å²) in [6.45, 7) is 1.61. The van der Waals surface area contributed by atoms with E-state index in [0.717, 1.165) is 5.39 Å². The van der Waals surface area contributed by atoms with Gasteiger partial charge in [0.25, 0.3) is 11.8 Å². The first-order valence-corrected chi connectivity index (χ1v) is 8.87. The molecule has 0 bridgehead atoms. The summed E-state index contributed by atoms with van der Waals surface area (Å²) < 4.78 is 15.8. The minimum absolute atomic E-state index is 0.130. The Balaban J connectivity index is 1.31. The number of ether oxygens (including phenoxy) is 1. The van der Waals surface area contributed by atoms with Gasteiger partial charge in [0.05, 0.1) is 6.26 Å². The third kappa shape index (κ3) is 3.75. The number of carbonyl (C=O) groups excluding carboxylic acids is 2. The summed E-state index contributed by atoms with van der Waals surface area (Å²) in [5.74, 6) is 0.401. The zero-order valence-electron chi connectivity index (χ0n) is 15.0. The Kier molecular flexibility index (Phi) is 4.84. The van der Waals surface area contributed by atoms with Crippen molar-refractivity contribution >= 4 is 22.8 Å². The maximum atomic E-state index is 12.4. The molecule has 0 radical (unpaired) electrons. The predicted octanol–water partition coefficient (Wildman–Crippen LogP) is 1.75. The van der Waals surface area contributed by atoms with E-state index in [2.05, 4.69) is 0 Å². The topological polar surface area (TPSA) is 93.2 Å². The van der Waals surface area contributed by atoms with Gasteiger partial charge in [-0.2, -0.15) is 0 Å². The number of furan rings is 1. The van der Waals surface area contributed by atoms with Crippen LogP contribution >= 0.6 is 0 Å². The lowest BCUT2D eigenvalue weighted by atomic mass is 10.2. The van der Waals surface area contributed by atoms with Crippen LogP contribution in [0.25, 0.3) is 11.0 Å². The first kappa shape index (κ1) is 17.8. The Morgan fingerprint density at radius 2 is 1.75 bits per heavy atom. The van der Waals surface area contributed by atoms with Crippen molar-refractivity contribution in [1.82, 2.24) is 9.80 Å². The predicted molar refractivity (Wildman–Crippen MR) is 99.2 cm³/mol. The van der Waals surface area contributed by atoms with Gasteiger partial charge in [-0.3, -0.25) is 9.59 Å². The standard InChI is InChI=1S/C20H18N2O6/c23-18(13-27-15-5-3-14-4-6-19(24)28-17(14)12-15)21-7-9-22(10-8-21)20(25)16-2-1-11-26-16/h1-6,11-12H,7-10,13H2. The smallest absolute Gasteiger partial charge is 0.336 e. The highest BCUT2D eigenvalue weighted by molar-refractivity contribution is 5.91. The van der Waals surface area contributed by atoms with Gasteiger partial charge in [0.15, 0.2) is 12.4 Å². The van der Waals surface area contributed by atoms with Crippen molar-refractivity contribution < 1.29 is 23.2 Å². The van der Waals surface area contributed by atoms with Crippen LogP contribution in [0.4, 0.5) is 0 Å². The highest BCUT2D eigenvalue weighted by Gasteiger charge is 2.26. The average Bonchev–Trinajstić information content (AvgIpc) is 3.26. The van der Waals surface area contributed by atoms with E-state index in [4.69, 9.17) is 13.6 Å². The van der Waals surface area contributed by atoms with Gasteiger partial charge in [-0.05, 0) is 30.3 Å². The lowest BCUT2D eigenvalue weighted by Crippen LogP contribution is -2.51. The maximum absolute atomic E-state index is 12.4. The van der Waals surface area contributed by atoms with Crippen molar-refractivity contribution in [2.75, 3.05) is 32.8 Å². The Labute approximate surface area is 159 Å². The van der Waals surface area contributed by atoms with E-state index in [9.17, 15) is 14.4 Å². The molecule has 0 unspecified atom stereocenters. The highest BCUT2D eigenvalue weighted by atomic mass is 16.5. The van der Waals surface area contributed by atoms with Gasteiger partial charge in [0.2, 0.25) is 0 Å². The zero-order chi connectivity index (χ0) is 19.5. The molecule has 1 aliphatic heterocycles. The molecule has 144 valence electrons. The second-order valence-electron chi connectivity index (χ2n) is 6.39. The summed E-state index contributed by atoms with van der Waals surface area (Å²) in [5.41, 5.74) is -0.0369. The van der Waals surface area contributed by atoms with Crippen LogP contribution in [0.3, 0.4) is 0 Å². The number of benzene rings is 1. The third-order valence-corrected chi connectivity index (χ3v) is 4.61. The highest BCUT2D eigenvalue weighted by Crippen LogP contribution is 2.19. The number of hydrogen-bond donors (Lipinski definition) is 0. The first-order chi connectivity index (χ1) is 13.6. The van der Waals surface area contributed by atoms with Crippen molar-refractivity contribution in [3.8, 4) is 5.75 Å². The molecular weight excluding hydrogens is 364 g/mol. The van der Waals surface area contributed by atoms with Crippen molar-refractivity contribution in [1.29, 1.82) is 0 Å². The van der Waals surface area contributed by atoms with Crippen molar-refractivity contribution in [3.05, 3.63) is 64.9 Å². The number of amides is 2. The monoisotopic (exact) mass is 382 g/mol. The quantitative estimate of drug-likeness (QED) is 0.638. The normalized spacial score (nSPS) is 14.3. The molecule has 1 saturated heterocycles. The summed E-state index contributed by atoms with van der Waals surface area (Å²) in [5, 5.41) is 0.774. The fourth-order valence-corrected chi connectivity index (χ4v) is 3.08. The maximum Gasteiger partial charge on any atom is 0.336 e. The number of fused-ring (bicyclic) bond motifs is 1. The number of rotatable bonds is 4. The van der Waals surface area contributed by atoms with Crippen LogP contribution in [-0.4, -0.2) is 54.4 Å². The van der Waals surface area contributed by atoms with Gasteiger partial charge in [0, 0.05) is 43.7 Å². The van der Waals surface area contributed by atoms with E-state index in [1.165, 1.54) is 12.3 Å². The molecule has 3 aromatic rings. The molecule has 8 heteroatoms.